The summed E-state index contributed by atoms with van der Waals surface area (Å²) >= 11 is 8.80. The standard InChI is InChI=1S/C13H9NO.CCl2O/c15-13-9-5-1-3-7-11(9)14-12-8-4-2-6-10(12)13;2-1(3)4/h1-8H,(H,14,15);. The first kappa shape index (κ1) is 13.6. The number of para-hydroxylation sites is 2. The van der Waals surface area contributed by atoms with E-state index in [4.69, 9.17) is 4.79 Å². The fraction of sp³-hybridized carbons (Fsp3) is 0. The molecule has 0 amide bonds. The molecule has 1 N–H and O–H groups in total. The third-order valence-corrected chi connectivity index (χ3v) is 2.61. The van der Waals surface area contributed by atoms with Crippen LogP contribution < -0.4 is 5.43 Å². The SMILES string of the molecule is O=C(Cl)Cl.O=c1c2ccccc2[nH]c2ccccc12. The molecule has 0 radical (unpaired) electrons. The summed E-state index contributed by atoms with van der Waals surface area (Å²) in [6.07, 6.45) is 0. The third kappa shape index (κ3) is 3.13. The molecule has 19 heavy (non-hydrogen) atoms. The minimum atomic E-state index is -0.889. The number of fused-ring (bicyclic) bond motifs is 2. The molecule has 3 nitrogen and oxygen atoms in total. The van der Waals surface area contributed by atoms with Gasteiger partial charge in [-0.25, -0.2) is 0 Å². The average Bonchev–Trinajstić information content (AvgIpc) is 2.38. The number of aromatic amines is 1. The van der Waals surface area contributed by atoms with Crippen molar-refractivity contribution in [2.75, 3.05) is 0 Å². The van der Waals surface area contributed by atoms with E-state index in [-0.39, 0.29) is 5.43 Å². The maximum atomic E-state index is 12.1. The van der Waals surface area contributed by atoms with Crippen LogP contribution in [0.2, 0.25) is 0 Å². The highest BCUT2D eigenvalue weighted by molar-refractivity contribution is 6.93. The number of H-pyrrole nitrogens is 1. The van der Waals surface area contributed by atoms with Crippen molar-refractivity contribution in [3.05, 3.63) is 58.8 Å². The van der Waals surface area contributed by atoms with E-state index in [1.807, 2.05) is 48.5 Å². The van der Waals surface area contributed by atoms with E-state index < -0.39 is 4.70 Å². The number of rotatable bonds is 0. The maximum absolute atomic E-state index is 12.1. The number of nitrogens with one attached hydrogen (secondary N) is 1. The summed E-state index contributed by atoms with van der Waals surface area (Å²) in [6, 6.07) is 15.1. The van der Waals surface area contributed by atoms with Crippen LogP contribution in [0.15, 0.2) is 53.3 Å². The Morgan fingerprint density at radius 3 is 1.63 bits per heavy atom. The van der Waals surface area contributed by atoms with E-state index in [2.05, 4.69) is 28.2 Å². The van der Waals surface area contributed by atoms with Crippen molar-refractivity contribution in [1.29, 1.82) is 0 Å². The van der Waals surface area contributed by atoms with E-state index in [9.17, 15) is 4.79 Å². The molecular weight excluding hydrogens is 285 g/mol. The second-order valence-corrected chi connectivity index (χ2v) is 4.65. The quantitative estimate of drug-likeness (QED) is 0.497. The Labute approximate surface area is 118 Å². The number of benzene rings is 2. The van der Waals surface area contributed by atoms with Crippen molar-refractivity contribution in [1.82, 2.24) is 4.98 Å². The molecule has 0 fully saturated rings. The molecule has 0 saturated carbocycles. The highest BCUT2D eigenvalue weighted by Crippen LogP contribution is 2.13. The zero-order chi connectivity index (χ0) is 13.8. The Morgan fingerprint density at radius 2 is 1.21 bits per heavy atom. The number of hydrogen-bond donors (Lipinski definition) is 1. The normalized spacial score (nSPS) is 10.0. The van der Waals surface area contributed by atoms with Gasteiger partial charge in [-0.2, -0.15) is 0 Å². The van der Waals surface area contributed by atoms with Crippen LogP contribution >= 0.6 is 23.2 Å². The van der Waals surface area contributed by atoms with Gasteiger partial charge in [-0.1, -0.05) is 24.3 Å². The smallest absolute Gasteiger partial charge is 0.313 e. The van der Waals surface area contributed by atoms with Crippen LogP contribution in [-0.4, -0.2) is 9.69 Å². The fourth-order valence-corrected chi connectivity index (χ4v) is 1.87. The number of pyridine rings is 1. The van der Waals surface area contributed by atoms with E-state index in [0.717, 1.165) is 21.8 Å². The summed E-state index contributed by atoms with van der Waals surface area (Å²) in [5.41, 5.74) is 1.88. The molecule has 1 aromatic heterocycles. The Kier molecular flexibility index (Phi) is 4.20. The Hall–Kier alpha value is -1.84. The van der Waals surface area contributed by atoms with Crippen molar-refractivity contribution < 1.29 is 4.79 Å². The minimum absolute atomic E-state index is 0.0972. The van der Waals surface area contributed by atoms with Gasteiger partial charge in [0.05, 0.1) is 0 Å². The number of carbonyl (C=O) groups is 1. The second kappa shape index (κ2) is 5.87. The predicted octanol–water partition coefficient (Wildman–Crippen LogP) is 4.27. The van der Waals surface area contributed by atoms with Crippen LogP contribution in [0.5, 0.6) is 0 Å². The molecule has 0 aliphatic carbocycles. The number of aromatic nitrogens is 1. The lowest BCUT2D eigenvalue weighted by Gasteiger charge is -2.01. The topological polar surface area (TPSA) is 49.9 Å². The summed E-state index contributed by atoms with van der Waals surface area (Å²) in [4.78, 5) is 24.3. The van der Waals surface area contributed by atoms with E-state index in [1.54, 1.807) is 0 Å². The van der Waals surface area contributed by atoms with Gasteiger partial charge < -0.3 is 4.98 Å². The molecule has 1 heterocycles. The van der Waals surface area contributed by atoms with E-state index in [1.165, 1.54) is 0 Å². The van der Waals surface area contributed by atoms with Crippen LogP contribution in [0.25, 0.3) is 21.8 Å². The van der Waals surface area contributed by atoms with Crippen molar-refractivity contribution in [3.8, 4) is 0 Å². The highest BCUT2D eigenvalue weighted by Gasteiger charge is 2.02. The Morgan fingerprint density at radius 1 is 0.842 bits per heavy atom. The van der Waals surface area contributed by atoms with E-state index in [0.29, 0.717) is 0 Å². The zero-order valence-corrected chi connectivity index (χ0v) is 11.2. The van der Waals surface area contributed by atoms with Gasteiger partial charge in [0.1, 0.15) is 0 Å². The van der Waals surface area contributed by atoms with Crippen molar-refractivity contribution >= 4 is 49.7 Å². The lowest BCUT2D eigenvalue weighted by molar-refractivity contribution is 0.275. The molecule has 5 heteroatoms. The van der Waals surface area contributed by atoms with Crippen molar-refractivity contribution in [2.24, 2.45) is 0 Å². The second-order valence-electron chi connectivity index (χ2n) is 3.77. The minimum Gasteiger partial charge on any atom is -0.354 e. The van der Waals surface area contributed by atoms with Crippen LogP contribution in [0.3, 0.4) is 0 Å². The summed E-state index contributed by atoms with van der Waals surface area (Å²) in [7, 11) is 0. The van der Waals surface area contributed by atoms with E-state index >= 15 is 0 Å². The lowest BCUT2D eigenvalue weighted by atomic mass is 10.1. The van der Waals surface area contributed by atoms with Gasteiger partial charge in [-0.15, -0.1) is 0 Å². The number of halogens is 2. The molecule has 0 saturated heterocycles. The van der Waals surface area contributed by atoms with Gasteiger partial charge in [-0.05, 0) is 47.5 Å². The lowest BCUT2D eigenvalue weighted by Crippen LogP contribution is -2.03. The number of hydrogen-bond acceptors (Lipinski definition) is 2. The molecule has 0 spiro atoms. The molecule has 2 aromatic carbocycles. The van der Waals surface area contributed by atoms with Gasteiger partial charge in [0.25, 0.3) is 0 Å². The first-order chi connectivity index (χ1) is 9.09. The van der Waals surface area contributed by atoms with Gasteiger partial charge in [0, 0.05) is 21.8 Å². The van der Waals surface area contributed by atoms with Gasteiger partial charge >= 0.3 is 4.70 Å². The first-order valence-corrected chi connectivity index (χ1v) is 6.20. The third-order valence-electron chi connectivity index (χ3n) is 2.61. The summed E-state index contributed by atoms with van der Waals surface area (Å²) in [5.74, 6) is 0. The molecule has 0 aliphatic rings. The first-order valence-electron chi connectivity index (χ1n) is 5.44. The molecule has 3 aromatic rings. The molecule has 3 rings (SSSR count). The molecule has 0 bridgehead atoms. The Balaban J connectivity index is 0.000000297. The number of carbonyl (C=O) groups excluding carboxylic acids is 1. The van der Waals surface area contributed by atoms with Gasteiger partial charge in [-0.3, -0.25) is 9.59 Å². The highest BCUT2D eigenvalue weighted by atomic mass is 35.5. The maximum Gasteiger partial charge on any atom is 0.313 e. The fourth-order valence-electron chi connectivity index (χ4n) is 1.87. The predicted molar refractivity (Wildman–Crippen MR) is 79.2 cm³/mol. The van der Waals surface area contributed by atoms with Gasteiger partial charge in [0.2, 0.25) is 0 Å². The van der Waals surface area contributed by atoms with Crippen molar-refractivity contribution in [3.63, 3.8) is 0 Å². The molecule has 0 unspecified atom stereocenters. The molecule has 96 valence electrons. The van der Waals surface area contributed by atoms with Crippen molar-refractivity contribution in [2.45, 2.75) is 0 Å². The molecule has 0 atom stereocenters. The van der Waals surface area contributed by atoms with Crippen LogP contribution in [0.4, 0.5) is 4.79 Å². The van der Waals surface area contributed by atoms with Gasteiger partial charge in [0.15, 0.2) is 5.43 Å². The Bertz CT molecular complexity index is 735. The monoisotopic (exact) mass is 293 g/mol. The van der Waals surface area contributed by atoms with Crippen LogP contribution in [-0.2, 0) is 0 Å². The molecular formula is C14H9Cl2NO2. The largest absolute Gasteiger partial charge is 0.354 e. The zero-order valence-electron chi connectivity index (χ0n) is 9.69. The van der Waals surface area contributed by atoms with Crippen LogP contribution in [0, 0.1) is 0 Å². The summed E-state index contributed by atoms with van der Waals surface area (Å²) in [5, 5.41) is 1.49. The summed E-state index contributed by atoms with van der Waals surface area (Å²) in [6.45, 7) is 0. The average molecular weight is 294 g/mol. The van der Waals surface area contributed by atoms with Crippen LogP contribution in [0.1, 0.15) is 0 Å². The molecule has 0 aliphatic heterocycles. The summed E-state index contributed by atoms with van der Waals surface area (Å²) < 4.78 is -0.889.